The summed E-state index contributed by atoms with van der Waals surface area (Å²) in [5.74, 6) is 9.92. The lowest BCUT2D eigenvalue weighted by Crippen LogP contribution is -1.99. The van der Waals surface area contributed by atoms with Crippen molar-refractivity contribution in [3.63, 3.8) is 0 Å². The molecule has 0 heterocycles. The number of fused-ring (bicyclic) bond motifs is 1. The van der Waals surface area contributed by atoms with Gasteiger partial charge in [-0.3, -0.25) is 0 Å². The minimum absolute atomic E-state index is 0.163. The van der Waals surface area contributed by atoms with Gasteiger partial charge in [0.05, 0.1) is 12.2 Å². The van der Waals surface area contributed by atoms with E-state index in [9.17, 15) is 13.2 Å². The molecule has 0 radical (unpaired) electrons. The fourth-order valence-corrected chi connectivity index (χ4v) is 3.30. The van der Waals surface area contributed by atoms with E-state index in [1.807, 2.05) is 25.1 Å². The maximum absolute atomic E-state index is 14.3. The molecule has 0 aliphatic carbocycles. The van der Waals surface area contributed by atoms with E-state index < -0.39 is 11.6 Å². The van der Waals surface area contributed by atoms with Gasteiger partial charge in [-0.1, -0.05) is 49.2 Å². The van der Waals surface area contributed by atoms with E-state index >= 15 is 0 Å². The summed E-state index contributed by atoms with van der Waals surface area (Å²) in [5, 5.41) is 1.74. The smallest absolute Gasteiger partial charge is 0.145 e. The third kappa shape index (κ3) is 5.80. The van der Waals surface area contributed by atoms with Crippen LogP contribution in [0.2, 0.25) is 0 Å². The highest BCUT2D eigenvalue weighted by molar-refractivity contribution is 5.84. The van der Waals surface area contributed by atoms with Gasteiger partial charge in [0.2, 0.25) is 0 Å². The standard InChI is InChI=1S/C30H21F3O/c1-2-3-16-34-27-19-29(32)28(30(33)20-27)15-11-22-6-4-21(5-7-22)8-9-23-10-12-25-18-26(31)14-13-24(25)17-23/h4-7,10,12-14,17-20H,2-3,16H2,1H3. The molecule has 0 spiro atoms. The number of halogens is 3. The highest BCUT2D eigenvalue weighted by Gasteiger charge is 2.10. The number of hydrogen-bond acceptors (Lipinski definition) is 1. The minimum atomic E-state index is -0.750. The number of ether oxygens (including phenoxy) is 1. The van der Waals surface area contributed by atoms with E-state index in [1.165, 1.54) is 12.1 Å². The van der Waals surface area contributed by atoms with Gasteiger partial charge in [0.1, 0.15) is 23.2 Å². The van der Waals surface area contributed by atoms with Gasteiger partial charge >= 0.3 is 0 Å². The zero-order valence-corrected chi connectivity index (χ0v) is 18.6. The molecule has 0 aliphatic heterocycles. The van der Waals surface area contributed by atoms with Gasteiger partial charge in [-0.15, -0.1) is 0 Å². The molecular formula is C30H21F3O. The summed E-state index contributed by atoms with van der Waals surface area (Å²) in [7, 11) is 0. The Morgan fingerprint density at radius 3 is 1.88 bits per heavy atom. The molecule has 0 N–H and O–H groups in total. The Balaban J connectivity index is 1.47. The second-order valence-electron chi connectivity index (χ2n) is 7.75. The van der Waals surface area contributed by atoms with Crippen molar-refractivity contribution in [1.29, 1.82) is 0 Å². The van der Waals surface area contributed by atoms with Crippen LogP contribution in [0.3, 0.4) is 0 Å². The van der Waals surface area contributed by atoms with Gasteiger partial charge in [0.15, 0.2) is 0 Å². The largest absolute Gasteiger partial charge is 0.493 e. The van der Waals surface area contributed by atoms with Gasteiger partial charge in [-0.05, 0) is 65.7 Å². The van der Waals surface area contributed by atoms with Gasteiger partial charge in [-0.2, -0.15) is 0 Å². The van der Waals surface area contributed by atoms with Crippen molar-refractivity contribution < 1.29 is 17.9 Å². The summed E-state index contributed by atoms with van der Waals surface area (Å²) >= 11 is 0. The van der Waals surface area contributed by atoms with Crippen LogP contribution in [0.25, 0.3) is 10.8 Å². The maximum atomic E-state index is 14.3. The van der Waals surface area contributed by atoms with E-state index in [4.69, 9.17) is 4.74 Å². The summed E-state index contributed by atoms with van der Waals surface area (Å²) < 4.78 is 47.3. The third-order valence-electron chi connectivity index (χ3n) is 5.15. The highest BCUT2D eigenvalue weighted by atomic mass is 19.1. The van der Waals surface area contributed by atoms with Crippen LogP contribution in [0.5, 0.6) is 5.75 Å². The number of benzene rings is 4. The lowest BCUT2D eigenvalue weighted by molar-refractivity contribution is 0.306. The molecule has 4 aromatic rings. The Morgan fingerprint density at radius 2 is 1.21 bits per heavy atom. The fourth-order valence-electron chi connectivity index (χ4n) is 3.30. The first kappa shape index (κ1) is 23.0. The summed E-state index contributed by atoms with van der Waals surface area (Å²) in [6.45, 7) is 2.42. The molecule has 0 amide bonds. The summed E-state index contributed by atoms with van der Waals surface area (Å²) in [6.07, 6.45) is 1.75. The lowest BCUT2D eigenvalue weighted by atomic mass is 10.1. The van der Waals surface area contributed by atoms with Crippen LogP contribution >= 0.6 is 0 Å². The van der Waals surface area contributed by atoms with Crippen molar-refractivity contribution in [1.82, 2.24) is 0 Å². The Hall–Kier alpha value is -4.15. The summed E-state index contributed by atoms with van der Waals surface area (Å²) in [6, 6.07) is 19.6. The Kier molecular flexibility index (Phi) is 7.21. The molecule has 0 fully saturated rings. The molecule has 0 unspecified atom stereocenters. The Labute approximate surface area is 197 Å². The molecule has 1 nitrogen and oxygen atoms in total. The van der Waals surface area contributed by atoms with Gasteiger partial charge < -0.3 is 4.74 Å². The first-order valence-corrected chi connectivity index (χ1v) is 11.0. The molecule has 168 valence electrons. The summed E-state index contributed by atoms with van der Waals surface area (Å²) in [4.78, 5) is 0. The number of rotatable bonds is 4. The highest BCUT2D eigenvalue weighted by Crippen LogP contribution is 2.21. The molecule has 4 rings (SSSR count). The zero-order chi connectivity index (χ0) is 23.9. The quantitative estimate of drug-likeness (QED) is 0.233. The van der Waals surface area contributed by atoms with E-state index in [0.29, 0.717) is 12.2 Å². The van der Waals surface area contributed by atoms with Crippen molar-refractivity contribution in [3.8, 4) is 29.4 Å². The van der Waals surface area contributed by atoms with Crippen LogP contribution in [0.15, 0.2) is 72.8 Å². The lowest BCUT2D eigenvalue weighted by Gasteiger charge is -2.06. The predicted octanol–water partition coefficient (Wildman–Crippen LogP) is 7.24. The van der Waals surface area contributed by atoms with Crippen LogP contribution in [0, 0.1) is 41.1 Å². The topological polar surface area (TPSA) is 9.23 Å². The second kappa shape index (κ2) is 10.6. The van der Waals surface area contributed by atoms with Crippen LogP contribution in [-0.4, -0.2) is 6.61 Å². The van der Waals surface area contributed by atoms with Crippen molar-refractivity contribution in [2.75, 3.05) is 6.61 Å². The molecule has 0 bridgehead atoms. The SMILES string of the molecule is CCCCOc1cc(F)c(C#Cc2ccc(C#Cc3ccc4cc(F)ccc4c3)cc2)c(F)c1. The third-order valence-corrected chi connectivity index (χ3v) is 5.15. The zero-order valence-electron chi connectivity index (χ0n) is 18.6. The van der Waals surface area contributed by atoms with Crippen LogP contribution in [0.4, 0.5) is 13.2 Å². The van der Waals surface area contributed by atoms with Crippen LogP contribution < -0.4 is 4.74 Å². The van der Waals surface area contributed by atoms with Crippen molar-refractivity contribution in [3.05, 3.63) is 113 Å². The van der Waals surface area contributed by atoms with Gasteiger partial charge in [0.25, 0.3) is 0 Å². The van der Waals surface area contributed by atoms with Crippen molar-refractivity contribution >= 4 is 10.8 Å². The second-order valence-corrected chi connectivity index (χ2v) is 7.75. The Morgan fingerprint density at radius 1 is 0.647 bits per heavy atom. The molecule has 4 aromatic carbocycles. The molecular weight excluding hydrogens is 433 g/mol. The molecule has 4 heteroatoms. The van der Waals surface area contributed by atoms with E-state index in [-0.39, 0.29) is 17.1 Å². The van der Waals surface area contributed by atoms with E-state index in [1.54, 1.807) is 30.3 Å². The molecule has 0 saturated heterocycles. The Bertz CT molecular complexity index is 1430. The van der Waals surface area contributed by atoms with Gasteiger partial charge in [0, 0.05) is 28.8 Å². The first-order chi connectivity index (χ1) is 16.5. The normalized spacial score (nSPS) is 10.2. The molecule has 0 atom stereocenters. The van der Waals surface area contributed by atoms with Crippen molar-refractivity contribution in [2.24, 2.45) is 0 Å². The van der Waals surface area contributed by atoms with Crippen LogP contribution in [-0.2, 0) is 0 Å². The number of hydrogen-bond donors (Lipinski definition) is 0. The molecule has 0 saturated carbocycles. The fraction of sp³-hybridized carbons (Fsp3) is 0.133. The molecule has 0 aromatic heterocycles. The van der Waals surface area contributed by atoms with E-state index in [2.05, 4.69) is 23.7 Å². The van der Waals surface area contributed by atoms with Gasteiger partial charge in [-0.25, -0.2) is 13.2 Å². The first-order valence-electron chi connectivity index (χ1n) is 11.0. The monoisotopic (exact) mass is 454 g/mol. The van der Waals surface area contributed by atoms with Crippen molar-refractivity contribution in [2.45, 2.75) is 19.8 Å². The van der Waals surface area contributed by atoms with E-state index in [0.717, 1.165) is 46.9 Å². The average Bonchev–Trinajstić information content (AvgIpc) is 2.83. The predicted molar refractivity (Wildman–Crippen MR) is 129 cm³/mol. The number of unbranched alkanes of at least 4 members (excludes halogenated alkanes) is 1. The minimum Gasteiger partial charge on any atom is -0.493 e. The maximum Gasteiger partial charge on any atom is 0.145 e. The summed E-state index contributed by atoms with van der Waals surface area (Å²) in [5.41, 5.74) is 1.91. The molecule has 34 heavy (non-hydrogen) atoms. The molecule has 0 aliphatic rings. The van der Waals surface area contributed by atoms with Crippen LogP contribution in [0.1, 0.15) is 42.0 Å². The average molecular weight is 454 g/mol.